The first-order valence-electron chi connectivity index (χ1n) is 5.11. The van der Waals surface area contributed by atoms with E-state index in [1.807, 2.05) is 0 Å². The highest BCUT2D eigenvalue weighted by Gasteiger charge is 2.11. The number of nitrogen functional groups attached to an aromatic ring is 1. The molecule has 1 aromatic carbocycles. The smallest absolute Gasteiger partial charge is 0.223 e. The van der Waals surface area contributed by atoms with E-state index in [0.717, 1.165) is 17.2 Å². The molecule has 0 unspecified atom stereocenters. The van der Waals surface area contributed by atoms with E-state index in [9.17, 15) is 0 Å². The number of halogens is 2. The predicted molar refractivity (Wildman–Crippen MR) is 77.2 cm³/mol. The summed E-state index contributed by atoms with van der Waals surface area (Å²) < 4.78 is 8.34. The zero-order valence-electron chi connectivity index (χ0n) is 9.26. The van der Waals surface area contributed by atoms with E-state index in [0.29, 0.717) is 22.0 Å². The maximum absolute atomic E-state index is 6.16. The van der Waals surface area contributed by atoms with Gasteiger partial charge >= 0.3 is 0 Å². The number of rotatable bonds is 2. The molecular weight excluding hydrogens is 307 g/mol. The van der Waals surface area contributed by atoms with E-state index < -0.39 is 0 Å². The van der Waals surface area contributed by atoms with Gasteiger partial charge in [-0.25, -0.2) is 4.98 Å². The molecule has 0 saturated heterocycles. The lowest BCUT2D eigenvalue weighted by Crippen LogP contribution is -2.00. The van der Waals surface area contributed by atoms with E-state index in [2.05, 4.69) is 24.0 Å². The molecule has 0 spiro atoms. The van der Waals surface area contributed by atoms with Gasteiger partial charge in [0.15, 0.2) is 0 Å². The van der Waals surface area contributed by atoms with Crippen molar-refractivity contribution in [1.82, 2.24) is 18.7 Å². The number of nitrogens with two attached hydrogens (primary N) is 1. The van der Waals surface area contributed by atoms with Crippen molar-refractivity contribution in [2.75, 3.05) is 11.1 Å². The second-order valence-electron chi connectivity index (χ2n) is 3.61. The topological polar surface area (TPSA) is 89.6 Å². The van der Waals surface area contributed by atoms with Crippen molar-refractivity contribution < 1.29 is 0 Å². The molecule has 0 aliphatic rings. The lowest BCUT2D eigenvalue weighted by Gasteiger charge is -2.08. The van der Waals surface area contributed by atoms with Gasteiger partial charge in [0.25, 0.3) is 0 Å². The Kier molecular flexibility index (Phi) is 3.09. The summed E-state index contributed by atoms with van der Waals surface area (Å²) in [5.74, 6) is 0.523. The van der Waals surface area contributed by atoms with Crippen molar-refractivity contribution in [3.8, 4) is 0 Å². The fourth-order valence-corrected chi connectivity index (χ4v) is 2.51. The number of nitrogens with one attached hydrogen (secondary N) is 1. The Morgan fingerprint density at radius 3 is 2.79 bits per heavy atom. The minimum Gasteiger partial charge on any atom is -0.368 e. The molecule has 0 saturated carbocycles. The van der Waals surface area contributed by atoms with Crippen LogP contribution in [-0.4, -0.2) is 18.7 Å². The SMILES string of the molecule is Nc1nc(Cl)cc(Nc2c(Cl)ccc3nsnc23)n1. The van der Waals surface area contributed by atoms with Crippen molar-refractivity contribution in [2.45, 2.75) is 0 Å². The number of fused-ring (bicyclic) bond motifs is 1. The van der Waals surface area contributed by atoms with E-state index in [4.69, 9.17) is 28.9 Å². The summed E-state index contributed by atoms with van der Waals surface area (Å²) in [5.41, 5.74) is 7.58. The third kappa shape index (κ3) is 2.40. The molecule has 0 aliphatic heterocycles. The molecule has 6 nitrogen and oxygen atoms in total. The van der Waals surface area contributed by atoms with Crippen LogP contribution in [0.25, 0.3) is 11.0 Å². The van der Waals surface area contributed by atoms with Crippen molar-refractivity contribution >= 4 is 63.4 Å². The normalized spacial score (nSPS) is 10.8. The number of anilines is 3. The third-order valence-electron chi connectivity index (χ3n) is 2.34. The summed E-state index contributed by atoms with van der Waals surface area (Å²) in [6.45, 7) is 0. The molecule has 0 atom stereocenters. The zero-order valence-corrected chi connectivity index (χ0v) is 11.6. The van der Waals surface area contributed by atoms with Gasteiger partial charge in [0.05, 0.1) is 22.4 Å². The first-order chi connectivity index (χ1) is 9.13. The summed E-state index contributed by atoms with van der Waals surface area (Å²) in [6.07, 6.45) is 0. The van der Waals surface area contributed by atoms with Gasteiger partial charge in [0, 0.05) is 6.07 Å². The van der Waals surface area contributed by atoms with Crippen molar-refractivity contribution in [2.24, 2.45) is 0 Å². The number of hydrogen-bond donors (Lipinski definition) is 2. The van der Waals surface area contributed by atoms with Gasteiger partial charge < -0.3 is 11.1 Å². The Balaban J connectivity index is 2.09. The van der Waals surface area contributed by atoms with Crippen molar-refractivity contribution in [1.29, 1.82) is 0 Å². The molecule has 0 amide bonds. The Hall–Kier alpha value is -1.70. The first kappa shape index (κ1) is 12.3. The van der Waals surface area contributed by atoms with Crippen LogP contribution in [0, 0.1) is 0 Å². The van der Waals surface area contributed by atoms with Crippen molar-refractivity contribution in [3.05, 3.63) is 28.4 Å². The Morgan fingerprint density at radius 2 is 2.00 bits per heavy atom. The average molecular weight is 313 g/mol. The maximum atomic E-state index is 6.16. The van der Waals surface area contributed by atoms with Gasteiger partial charge in [-0.1, -0.05) is 23.2 Å². The Labute approximate surface area is 121 Å². The molecule has 0 fully saturated rings. The molecule has 9 heteroatoms. The lowest BCUT2D eigenvalue weighted by molar-refractivity contribution is 1.19. The van der Waals surface area contributed by atoms with Crippen LogP contribution in [0.5, 0.6) is 0 Å². The first-order valence-corrected chi connectivity index (χ1v) is 6.60. The molecule has 0 aliphatic carbocycles. The van der Waals surface area contributed by atoms with Gasteiger partial charge in [0.2, 0.25) is 5.95 Å². The minimum atomic E-state index is 0.0784. The molecule has 3 aromatic rings. The van der Waals surface area contributed by atoms with E-state index >= 15 is 0 Å². The molecule has 96 valence electrons. The van der Waals surface area contributed by atoms with Gasteiger partial charge in [0.1, 0.15) is 22.0 Å². The standard InChI is InChI=1S/C10H6Cl2N6S/c11-4-1-2-5-9(18-19-17-5)8(4)15-7-3-6(12)14-10(13)16-7/h1-3H,(H3,13,14,15,16). The molecule has 2 heterocycles. The molecule has 3 N–H and O–H groups in total. The van der Waals surface area contributed by atoms with Crippen LogP contribution in [-0.2, 0) is 0 Å². The van der Waals surface area contributed by atoms with Crippen LogP contribution in [0.3, 0.4) is 0 Å². The van der Waals surface area contributed by atoms with E-state index in [-0.39, 0.29) is 11.1 Å². The number of benzene rings is 1. The van der Waals surface area contributed by atoms with Crippen LogP contribution in [0.4, 0.5) is 17.5 Å². The molecule has 19 heavy (non-hydrogen) atoms. The second-order valence-corrected chi connectivity index (χ2v) is 4.94. The highest BCUT2D eigenvalue weighted by atomic mass is 35.5. The van der Waals surface area contributed by atoms with Gasteiger partial charge in [-0.3, -0.25) is 0 Å². The second kappa shape index (κ2) is 4.76. The largest absolute Gasteiger partial charge is 0.368 e. The highest BCUT2D eigenvalue weighted by molar-refractivity contribution is 7.00. The van der Waals surface area contributed by atoms with Gasteiger partial charge in [-0.15, -0.1) is 0 Å². The molecular formula is C10H6Cl2N6S. The fraction of sp³-hybridized carbons (Fsp3) is 0. The maximum Gasteiger partial charge on any atom is 0.223 e. The predicted octanol–water partition coefficient (Wildman–Crippen LogP) is 3.11. The number of hydrogen-bond acceptors (Lipinski definition) is 7. The summed E-state index contributed by atoms with van der Waals surface area (Å²) in [6, 6.07) is 5.08. The van der Waals surface area contributed by atoms with E-state index in [1.54, 1.807) is 18.2 Å². The van der Waals surface area contributed by atoms with Crippen LogP contribution in [0.2, 0.25) is 10.2 Å². The summed E-state index contributed by atoms with van der Waals surface area (Å²) in [5, 5.41) is 3.79. The monoisotopic (exact) mass is 312 g/mol. The van der Waals surface area contributed by atoms with Crippen LogP contribution in [0.15, 0.2) is 18.2 Å². The van der Waals surface area contributed by atoms with Crippen LogP contribution < -0.4 is 11.1 Å². The summed E-state index contributed by atoms with van der Waals surface area (Å²) in [7, 11) is 0. The highest BCUT2D eigenvalue weighted by Crippen LogP contribution is 2.32. The molecule has 2 aromatic heterocycles. The lowest BCUT2D eigenvalue weighted by atomic mass is 10.2. The Morgan fingerprint density at radius 1 is 1.16 bits per heavy atom. The van der Waals surface area contributed by atoms with Crippen LogP contribution in [0.1, 0.15) is 0 Å². The van der Waals surface area contributed by atoms with Crippen molar-refractivity contribution in [3.63, 3.8) is 0 Å². The van der Waals surface area contributed by atoms with Gasteiger partial charge in [-0.05, 0) is 12.1 Å². The van der Waals surface area contributed by atoms with E-state index in [1.165, 1.54) is 0 Å². The molecule has 0 bridgehead atoms. The minimum absolute atomic E-state index is 0.0784. The third-order valence-corrected chi connectivity index (χ3v) is 3.39. The number of nitrogens with zero attached hydrogens (tertiary/aromatic N) is 4. The summed E-state index contributed by atoms with van der Waals surface area (Å²) in [4.78, 5) is 7.81. The quantitative estimate of drug-likeness (QED) is 0.707. The molecule has 3 rings (SSSR count). The number of aromatic nitrogens is 4. The summed E-state index contributed by atoms with van der Waals surface area (Å²) >= 11 is 13.1. The average Bonchev–Trinajstić information content (AvgIpc) is 2.80. The van der Waals surface area contributed by atoms with Gasteiger partial charge in [-0.2, -0.15) is 13.7 Å². The molecule has 0 radical (unpaired) electrons. The fourth-order valence-electron chi connectivity index (χ4n) is 1.57. The van der Waals surface area contributed by atoms with Crippen LogP contribution >= 0.6 is 34.9 Å². The zero-order chi connectivity index (χ0) is 13.4. The Bertz CT molecular complexity index is 739.